The summed E-state index contributed by atoms with van der Waals surface area (Å²) < 4.78 is 0. The lowest BCUT2D eigenvalue weighted by molar-refractivity contribution is -0.132. The summed E-state index contributed by atoms with van der Waals surface area (Å²) in [5.74, 6) is 0.198. The topological polar surface area (TPSA) is 35.6 Å². The normalized spacial score (nSPS) is 12.9. The molecular weight excluding hydrogens is 202 g/mol. The first-order chi connectivity index (χ1) is 7.56. The van der Waals surface area contributed by atoms with Gasteiger partial charge in [-0.05, 0) is 34.4 Å². The molecule has 0 aromatic rings. The minimum Gasteiger partial charge on any atom is -0.342 e. The predicted octanol–water partition coefficient (Wildman–Crippen LogP) is 0.785. The molecule has 0 rings (SSSR count). The average molecular weight is 229 g/mol. The average Bonchev–Trinajstić information content (AvgIpc) is 2.29. The molecule has 0 heterocycles. The largest absolute Gasteiger partial charge is 0.342 e. The maximum Gasteiger partial charge on any atom is 0.239 e. The fourth-order valence-electron chi connectivity index (χ4n) is 1.53. The van der Waals surface area contributed by atoms with Crippen LogP contribution in [0.5, 0.6) is 0 Å². The van der Waals surface area contributed by atoms with Crippen LogP contribution in [0.2, 0.25) is 0 Å². The number of rotatable bonds is 8. The third kappa shape index (κ3) is 5.47. The highest BCUT2D eigenvalue weighted by atomic mass is 16.2. The maximum absolute atomic E-state index is 11.9. The van der Waals surface area contributed by atoms with Crippen molar-refractivity contribution in [3.8, 4) is 0 Å². The van der Waals surface area contributed by atoms with E-state index in [0.29, 0.717) is 0 Å². The Kier molecular flexibility index (Phi) is 8.21. The Bertz CT molecular complexity index is 193. The fraction of sp³-hybridized carbons (Fsp3) is 0.917. The standard InChI is InChI=1S/C12H27N3O/c1-6-14(5)10-9-13-11(4)12(16)15(7-2)8-3/h11,13H,6-10H2,1-5H3. The van der Waals surface area contributed by atoms with E-state index in [4.69, 9.17) is 0 Å². The molecule has 16 heavy (non-hydrogen) atoms. The first-order valence-corrected chi connectivity index (χ1v) is 6.27. The fourth-order valence-corrected chi connectivity index (χ4v) is 1.53. The van der Waals surface area contributed by atoms with Crippen molar-refractivity contribution in [2.75, 3.05) is 39.8 Å². The Morgan fingerprint density at radius 1 is 1.19 bits per heavy atom. The molecule has 1 N–H and O–H groups in total. The van der Waals surface area contributed by atoms with Crippen molar-refractivity contribution in [1.29, 1.82) is 0 Å². The number of hydrogen-bond donors (Lipinski definition) is 1. The third-order valence-electron chi connectivity index (χ3n) is 2.93. The molecule has 0 aliphatic heterocycles. The summed E-state index contributed by atoms with van der Waals surface area (Å²) in [4.78, 5) is 16.0. The van der Waals surface area contributed by atoms with Crippen molar-refractivity contribution in [2.24, 2.45) is 0 Å². The van der Waals surface area contributed by atoms with Crippen LogP contribution in [0.1, 0.15) is 27.7 Å². The second-order valence-corrected chi connectivity index (χ2v) is 4.08. The molecule has 0 aliphatic rings. The first kappa shape index (κ1) is 15.4. The summed E-state index contributed by atoms with van der Waals surface area (Å²) in [7, 11) is 2.08. The van der Waals surface area contributed by atoms with Crippen LogP contribution >= 0.6 is 0 Å². The van der Waals surface area contributed by atoms with Crippen molar-refractivity contribution < 1.29 is 4.79 Å². The summed E-state index contributed by atoms with van der Waals surface area (Å²) in [5.41, 5.74) is 0. The maximum atomic E-state index is 11.9. The van der Waals surface area contributed by atoms with Gasteiger partial charge in [-0.15, -0.1) is 0 Å². The summed E-state index contributed by atoms with van der Waals surface area (Å²) in [6.07, 6.45) is 0. The van der Waals surface area contributed by atoms with Crippen molar-refractivity contribution >= 4 is 5.91 Å². The van der Waals surface area contributed by atoms with Gasteiger partial charge in [0.1, 0.15) is 0 Å². The van der Waals surface area contributed by atoms with E-state index in [1.807, 2.05) is 25.7 Å². The summed E-state index contributed by atoms with van der Waals surface area (Å²) in [5, 5.41) is 3.26. The highest BCUT2D eigenvalue weighted by Crippen LogP contribution is 1.94. The van der Waals surface area contributed by atoms with Gasteiger partial charge in [0.25, 0.3) is 0 Å². The molecule has 0 saturated carbocycles. The Balaban J connectivity index is 3.87. The molecule has 0 radical (unpaired) electrons. The number of carbonyl (C=O) groups is 1. The summed E-state index contributed by atoms with van der Waals surface area (Å²) >= 11 is 0. The molecule has 1 unspecified atom stereocenters. The molecular formula is C12H27N3O. The van der Waals surface area contributed by atoms with Gasteiger partial charge in [-0.25, -0.2) is 0 Å². The van der Waals surface area contributed by atoms with E-state index in [9.17, 15) is 4.79 Å². The van der Waals surface area contributed by atoms with E-state index in [1.165, 1.54) is 0 Å². The predicted molar refractivity (Wildman–Crippen MR) is 68.6 cm³/mol. The zero-order chi connectivity index (χ0) is 12.6. The van der Waals surface area contributed by atoms with Gasteiger partial charge in [0.2, 0.25) is 5.91 Å². The summed E-state index contributed by atoms with van der Waals surface area (Å²) in [6.45, 7) is 12.5. The molecule has 0 aromatic heterocycles. The van der Waals surface area contributed by atoms with E-state index >= 15 is 0 Å². The monoisotopic (exact) mass is 229 g/mol. The quantitative estimate of drug-likeness (QED) is 0.668. The van der Waals surface area contributed by atoms with Crippen LogP contribution in [0.3, 0.4) is 0 Å². The Morgan fingerprint density at radius 2 is 1.75 bits per heavy atom. The number of nitrogens with zero attached hydrogens (tertiary/aromatic N) is 2. The van der Waals surface area contributed by atoms with E-state index in [-0.39, 0.29) is 11.9 Å². The lowest BCUT2D eigenvalue weighted by Gasteiger charge is -2.24. The van der Waals surface area contributed by atoms with E-state index in [2.05, 4.69) is 24.2 Å². The van der Waals surface area contributed by atoms with Crippen LogP contribution in [0.4, 0.5) is 0 Å². The van der Waals surface area contributed by atoms with Gasteiger partial charge in [0.15, 0.2) is 0 Å². The molecule has 0 spiro atoms. The molecule has 1 atom stereocenters. The zero-order valence-corrected chi connectivity index (χ0v) is 11.4. The Hall–Kier alpha value is -0.610. The molecule has 0 aliphatic carbocycles. The van der Waals surface area contributed by atoms with E-state index in [0.717, 1.165) is 32.7 Å². The molecule has 1 amide bonds. The molecule has 0 bridgehead atoms. The molecule has 0 fully saturated rings. The number of likely N-dealkylation sites (N-methyl/N-ethyl adjacent to an activating group) is 2. The van der Waals surface area contributed by atoms with Gasteiger partial charge < -0.3 is 15.1 Å². The zero-order valence-electron chi connectivity index (χ0n) is 11.4. The van der Waals surface area contributed by atoms with Gasteiger partial charge in [-0.1, -0.05) is 6.92 Å². The van der Waals surface area contributed by atoms with Crippen LogP contribution in [-0.4, -0.2) is 61.5 Å². The van der Waals surface area contributed by atoms with Gasteiger partial charge >= 0.3 is 0 Å². The van der Waals surface area contributed by atoms with Crippen molar-refractivity contribution in [1.82, 2.24) is 15.1 Å². The smallest absolute Gasteiger partial charge is 0.239 e. The lowest BCUT2D eigenvalue weighted by atomic mass is 10.2. The van der Waals surface area contributed by atoms with Gasteiger partial charge in [-0.3, -0.25) is 4.79 Å². The van der Waals surface area contributed by atoms with Crippen LogP contribution < -0.4 is 5.32 Å². The molecule has 96 valence electrons. The van der Waals surface area contributed by atoms with Crippen LogP contribution in [-0.2, 0) is 4.79 Å². The van der Waals surface area contributed by atoms with Crippen LogP contribution in [0.25, 0.3) is 0 Å². The van der Waals surface area contributed by atoms with E-state index < -0.39 is 0 Å². The Labute approximate surface area is 100.0 Å². The second kappa shape index (κ2) is 8.53. The minimum absolute atomic E-state index is 0.0786. The number of amides is 1. The highest BCUT2D eigenvalue weighted by Gasteiger charge is 2.16. The van der Waals surface area contributed by atoms with Crippen molar-refractivity contribution in [3.63, 3.8) is 0 Å². The van der Waals surface area contributed by atoms with Gasteiger partial charge in [0, 0.05) is 26.2 Å². The van der Waals surface area contributed by atoms with E-state index in [1.54, 1.807) is 0 Å². The lowest BCUT2D eigenvalue weighted by Crippen LogP contribution is -2.46. The number of carbonyl (C=O) groups excluding carboxylic acids is 1. The van der Waals surface area contributed by atoms with Gasteiger partial charge in [-0.2, -0.15) is 0 Å². The molecule has 0 aromatic carbocycles. The molecule has 0 saturated heterocycles. The van der Waals surface area contributed by atoms with Crippen LogP contribution in [0.15, 0.2) is 0 Å². The first-order valence-electron chi connectivity index (χ1n) is 6.27. The summed E-state index contributed by atoms with van der Waals surface area (Å²) in [6, 6.07) is -0.0786. The van der Waals surface area contributed by atoms with Crippen molar-refractivity contribution in [3.05, 3.63) is 0 Å². The molecule has 4 heteroatoms. The van der Waals surface area contributed by atoms with Crippen LogP contribution in [0, 0.1) is 0 Å². The van der Waals surface area contributed by atoms with Crippen molar-refractivity contribution in [2.45, 2.75) is 33.7 Å². The Morgan fingerprint density at radius 3 is 2.19 bits per heavy atom. The molecule has 4 nitrogen and oxygen atoms in total. The highest BCUT2D eigenvalue weighted by molar-refractivity contribution is 5.81. The van der Waals surface area contributed by atoms with Gasteiger partial charge in [0.05, 0.1) is 6.04 Å². The SMILES string of the molecule is CCN(C)CCNC(C)C(=O)N(CC)CC. The second-order valence-electron chi connectivity index (χ2n) is 4.08. The number of hydrogen-bond acceptors (Lipinski definition) is 3. The minimum atomic E-state index is -0.0786. The third-order valence-corrected chi connectivity index (χ3v) is 2.93. The number of nitrogens with one attached hydrogen (secondary N) is 1.